The van der Waals surface area contributed by atoms with Crippen LogP contribution in [0.3, 0.4) is 0 Å². The number of ether oxygens (including phenoxy) is 1. The molecule has 5 heteroatoms. The van der Waals surface area contributed by atoms with E-state index < -0.39 is 10.0 Å². The average molecular weight is 299 g/mol. The Morgan fingerprint density at radius 3 is 1.90 bits per heavy atom. The van der Waals surface area contributed by atoms with Crippen molar-refractivity contribution in [3.8, 4) is 5.75 Å². The highest BCUT2D eigenvalue weighted by molar-refractivity contribution is 7.89. The Balaban J connectivity index is 3.46. The van der Waals surface area contributed by atoms with Crippen LogP contribution >= 0.6 is 0 Å². The molecule has 0 amide bonds. The predicted octanol–water partition coefficient (Wildman–Crippen LogP) is 3.12. The van der Waals surface area contributed by atoms with Gasteiger partial charge < -0.3 is 4.74 Å². The standard InChI is InChI=1S/C15H25NO3S/c1-10(2)16(11(3)4)20(17,18)15-9-12(5)14(19-7)8-13(15)6/h8-11H,1-7H3. The van der Waals surface area contributed by atoms with Crippen LogP contribution < -0.4 is 4.74 Å². The Kier molecular flexibility index (Phi) is 5.21. The topological polar surface area (TPSA) is 46.6 Å². The van der Waals surface area contributed by atoms with Gasteiger partial charge in [0.25, 0.3) is 0 Å². The van der Waals surface area contributed by atoms with Gasteiger partial charge in [0.2, 0.25) is 10.0 Å². The van der Waals surface area contributed by atoms with Crippen molar-refractivity contribution in [2.24, 2.45) is 0 Å². The molecule has 0 aromatic heterocycles. The monoisotopic (exact) mass is 299 g/mol. The molecule has 0 bridgehead atoms. The lowest BCUT2D eigenvalue weighted by Crippen LogP contribution is -2.42. The van der Waals surface area contributed by atoms with Crippen LogP contribution in [0.2, 0.25) is 0 Å². The van der Waals surface area contributed by atoms with E-state index in [4.69, 9.17) is 4.74 Å². The van der Waals surface area contributed by atoms with E-state index in [2.05, 4.69) is 0 Å². The zero-order chi connectivity index (χ0) is 15.7. The summed E-state index contributed by atoms with van der Waals surface area (Å²) >= 11 is 0. The van der Waals surface area contributed by atoms with Crippen LogP contribution in [0.1, 0.15) is 38.8 Å². The van der Waals surface area contributed by atoms with Gasteiger partial charge in [0, 0.05) is 12.1 Å². The molecule has 0 N–H and O–H groups in total. The molecule has 0 saturated heterocycles. The number of sulfonamides is 1. The van der Waals surface area contributed by atoms with Gasteiger partial charge in [0.05, 0.1) is 12.0 Å². The zero-order valence-electron chi connectivity index (χ0n) is 13.4. The van der Waals surface area contributed by atoms with Crippen molar-refractivity contribution in [2.75, 3.05) is 7.11 Å². The van der Waals surface area contributed by atoms with E-state index in [1.54, 1.807) is 30.5 Å². The summed E-state index contributed by atoms with van der Waals surface area (Å²) in [6, 6.07) is 3.31. The molecule has 0 atom stereocenters. The first-order chi connectivity index (χ1) is 9.12. The van der Waals surface area contributed by atoms with Crippen molar-refractivity contribution < 1.29 is 13.2 Å². The summed E-state index contributed by atoms with van der Waals surface area (Å²) in [6.07, 6.45) is 0. The number of rotatable bonds is 5. The summed E-state index contributed by atoms with van der Waals surface area (Å²) in [6.45, 7) is 11.2. The molecule has 20 heavy (non-hydrogen) atoms. The lowest BCUT2D eigenvalue weighted by atomic mass is 10.1. The maximum atomic E-state index is 12.9. The Morgan fingerprint density at radius 2 is 1.50 bits per heavy atom. The maximum Gasteiger partial charge on any atom is 0.243 e. The summed E-state index contributed by atoms with van der Waals surface area (Å²) in [5, 5.41) is 0. The second-order valence-corrected chi connectivity index (χ2v) is 7.42. The summed E-state index contributed by atoms with van der Waals surface area (Å²) in [5.41, 5.74) is 1.53. The molecular weight excluding hydrogens is 274 g/mol. The molecule has 1 rings (SSSR count). The van der Waals surface area contributed by atoms with Crippen LogP contribution in [0, 0.1) is 13.8 Å². The number of methoxy groups -OCH3 is 1. The number of hydrogen-bond donors (Lipinski definition) is 0. The summed E-state index contributed by atoms with van der Waals surface area (Å²) in [7, 11) is -1.91. The van der Waals surface area contributed by atoms with Gasteiger partial charge >= 0.3 is 0 Å². The molecule has 0 unspecified atom stereocenters. The first kappa shape index (κ1) is 17.0. The van der Waals surface area contributed by atoms with E-state index in [1.807, 2.05) is 34.6 Å². The minimum Gasteiger partial charge on any atom is -0.496 e. The van der Waals surface area contributed by atoms with Crippen LogP contribution in [0.5, 0.6) is 5.75 Å². The van der Waals surface area contributed by atoms with Crippen molar-refractivity contribution in [1.82, 2.24) is 4.31 Å². The minimum absolute atomic E-state index is 0.0817. The summed E-state index contributed by atoms with van der Waals surface area (Å²) in [4.78, 5) is 0.359. The number of benzene rings is 1. The van der Waals surface area contributed by atoms with Gasteiger partial charge in [-0.05, 0) is 64.8 Å². The highest BCUT2D eigenvalue weighted by atomic mass is 32.2. The lowest BCUT2D eigenvalue weighted by Gasteiger charge is -2.30. The molecule has 0 aliphatic heterocycles. The molecular formula is C15H25NO3S. The molecule has 0 radical (unpaired) electrons. The molecule has 0 spiro atoms. The largest absolute Gasteiger partial charge is 0.496 e. The minimum atomic E-state index is -3.50. The Morgan fingerprint density at radius 1 is 1.00 bits per heavy atom. The quantitative estimate of drug-likeness (QED) is 0.839. The van der Waals surface area contributed by atoms with Crippen LogP contribution in [0.15, 0.2) is 17.0 Å². The highest BCUT2D eigenvalue weighted by Gasteiger charge is 2.31. The van der Waals surface area contributed by atoms with E-state index in [0.717, 1.165) is 5.56 Å². The predicted molar refractivity (Wildman–Crippen MR) is 81.8 cm³/mol. The summed E-state index contributed by atoms with van der Waals surface area (Å²) in [5.74, 6) is 0.710. The first-order valence-electron chi connectivity index (χ1n) is 6.81. The van der Waals surface area contributed by atoms with Crippen molar-refractivity contribution in [3.63, 3.8) is 0 Å². The molecule has 1 aromatic rings. The zero-order valence-corrected chi connectivity index (χ0v) is 14.2. The Labute approximate surface area is 122 Å². The van der Waals surface area contributed by atoms with E-state index in [1.165, 1.54) is 0 Å². The lowest BCUT2D eigenvalue weighted by molar-refractivity contribution is 0.302. The fourth-order valence-corrected chi connectivity index (χ4v) is 4.65. The second kappa shape index (κ2) is 6.14. The molecule has 0 aliphatic carbocycles. The molecule has 114 valence electrons. The van der Waals surface area contributed by atoms with E-state index >= 15 is 0 Å². The molecule has 0 fully saturated rings. The second-order valence-electron chi connectivity index (χ2n) is 5.61. The van der Waals surface area contributed by atoms with Crippen molar-refractivity contribution in [3.05, 3.63) is 23.3 Å². The van der Waals surface area contributed by atoms with E-state index in [0.29, 0.717) is 16.2 Å². The molecule has 4 nitrogen and oxygen atoms in total. The smallest absolute Gasteiger partial charge is 0.243 e. The van der Waals surface area contributed by atoms with Crippen LogP contribution in [0.4, 0.5) is 0 Å². The molecule has 0 aliphatic rings. The van der Waals surface area contributed by atoms with Crippen LogP contribution in [0.25, 0.3) is 0 Å². The van der Waals surface area contributed by atoms with Gasteiger partial charge in [0.1, 0.15) is 5.75 Å². The van der Waals surface area contributed by atoms with Crippen molar-refractivity contribution in [2.45, 2.75) is 58.5 Å². The number of aryl methyl sites for hydroxylation is 2. The van der Waals surface area contributed by atoms with Gasteiger partial charge in [0.15, 0.2) is 0 Å². The van der Waals surface area contributed by atoms with Crippen molar-refractivity contribution >= 4 is 10.0 Å². The van der Waals surface area contributed by atoms with Gasteiger partial charge in [-0.1, -0.05) is 0 Å². The molecule has 0 saturated carbocycles. The number of hydrogen-bond acceptors (Lipinski definition) is 3. The van der Waals surface area contributed by atoms with E-state index in [9.17, 15) is 8.42 Å². The van der Waals surface area contributed by atoms with Crippen LogP contribution in [-0.4, -0.2) is 31.9 Å². The average Bonchev–Trinajstić information content (AvgIpc) is 2.29. The molecule has 0 heterocycles. The van der Waals surface area contributed by atoms with Gasteiger partial charge in [-0.25, -0.2) is 8.42 Å². The molecule has 1 aromatic carbocycles. The van der Waals surface area contributed by atoms with Crippen LogP contribution in [-0.2, 0) is 10.0 Å². The highest BCUT2D eigenvalue weighted by Crippen LogP contribution is 2.29. The number of nitrogens with zero attached hydrogens (tertiary/aromatic N) is 1. The Hall–Kier alpha value is -1.07. The maximum absolute atomic E-state index is 12.9. The van der Waals surface area contributed by atoms with Crippen molar-refractivity contribution in [1.29, 1.82) is 0 Å². The SMILES string of the molecule is COc1cc(C)c(S(=O)(=O)N(C(C)C)C(C)C)cc1C. The Bertz CT molecular complexity index is 569. The van der Waals surface area contributed by atoms with Gasteiger partial charge in [-0.15, -0.1) is 0 Å². The first-order valence-corrected chi connectivity index (χ1v) is 8.25. The van der Waals surface area contributed by atoms with Gasteiger partial charge in [-0.2, -0.15) is 4.31 Å². The summed E-state index contributed by atoms with van der Waals surface area (Å²) < 4.78 is 32.5. The third-order valence-electron chi connectivity index (χ3n) is 3.27. The van der Waals surface area contributed by atoms with Gasteiger partial charge in [-0.3, -0.25) is 0 Å². The third kappa shape index (κ3) is 3.15. The van der Waals surface area contributed by atoms with E-state index in [-0.39, 0.29) is 12.1 Å². The normalized spacial score (nSPS) is 12.5. The fourth-order valence-electron chi connectivity index (χ4n) is 2.53. The fraction of sp³-hybridized carbons (Fsp3) is 0.600. The third-order valence-corrected chi connectivity index (χ3v) is 5.66.